The third kappa shape index (κ3) is 3.51. The second kappa shape index (κ2) is 5.83. The van der Waals surface area contributed by atoms with Crippen LogP contribution in [0.2, 0.25) is 0 Å². The van der Waals surface area contributed by atoms with Crippen molar-refractivity contribution >= 4 is 5.91 Å². The number of benzene rings is 1. The molecule has 1 aromatic rings. The van der Waals surface area contributed by atoms with Crippen LogP contribution < -0.4 is 15.8 Å². The molecule has 4 nitrogen and oxygen atoms in total. The van der Waals surface area contributed by atoms with Crippen molar-refractivity contribution in [1.29, 1.82) is 0 Å². The molecule has 0 unspecified atom stereocenters. The molecular formula is C16H26N2O2. The molecule has 0 radical (unpaired) electrons. The van der Waals surface area contributed by atoms with E-state index in [-0.39, 0.29) is 11.9 Å². The van der Waals surface area contributed by atoms with Gasteiger partial charge >= 0.3 is 0 Å². The van der Waals surface area contributed by atoms with E-state index in [2.05, 4.69) is 5.32 Å². The molecule has 1 amide bonds. The van der Waals surface area contributed by atoms with E-state index in [1.807, 2.05) is 58.9 Å². The van der Waals surface area contributed by atoms with Crippen LogP contribution in [0.25, 0.3) is 0 Å². The molecule has 1 rings (SSSR count). The highest BCUT2D eigenvalue weighted by Gasteiger charge is 2.40. The van der Waals surface area contributed by atoms with E-state index in [0.29, 0.717) is 0 Å². The number of amides is 1. The maximum Gasteiger partial charge on any atom is 0.227 e. The molecule has 0 aromatic heterocycles. The van der Waals surface area contributed by atoms with Crippen LogP contribution in [-0.2, 0) is 4.79 Å². The highest BCUT2D eigenvalue weighted by Crippen LogP contribution is 2.29. The van der Waals surface area contributed by atoms with Crippen molar-refractivity contribution in [2.24, 2.45) is 11.1 Å². The van der Waals surface area contributed by atoms with Crippen molar-refractivity contribution in [3.8, 4) is 5.75 Å². The lowest BCUT2D eigenvalue weighted by molar-refractivity contribution is -0.132. The fourth-order valence-corrected chi connectivity index (χ4v) is 1.66. The fourth-order valence-electron chi connectivity index (χ4n) is 1.66. The van der Waals surface area contributed by atoms with Gasteiger partial charge in [-0.2, -0.15) is 0 Å². The Hall–Kier alpha value is -1.55. The van der Waals surface area contributed by atoms with Crippen LogP contribution in [0.5, 0.6) is 5.75 Å². The third-order valence-electron chi connectivity index (χ3n) is 4.12. The molecule has 0 aliphatic heterocycles. The van der Waals surface area contributed by atoms with Crippen molar-refractivity contribution in [2.45, 2.75) is 46.2 Å². The monoisotopic (exact) mass is 278 g/mol. The summed E-state index contributed by atoms with van der Waals surface area (Å²) >= 11 is 0. The van der Waals surface area contributed by atoms with Gasteiger partial charge in [-0.15, -0.1) is 0 Å². The van der Waals surface area contributed by atoms with Gasteiger partial charge in [-0.1, -0.05) is 12.1 Å². The van der Waals surface area contributed by atoms with Crippen LogP contribution in [0.3, 0.4) is 0 Å². The summed E-state index contributed by atoms with van der Waals surface area (Å²) in [5, 5.41) is 3.02. The Morgan fingerprint density at radius 2 is 1.90 bits per heavy atom. The summed E-state index contributed by atoms with van der Waals surface area (Å²) in [4.78, 5) is 12.4. The summed E-state index contributed by atoms with van der Waals surface area (Å²) in [5.74, 6) is 0.724. The zero-order valence-corrected chi connectivity index (χ0v) is 13.3. The molecule has 0 heterocycles. The standard InChI is InChI=1S/C16H26N2O2/c1-11(12-8-7-9-13(10-12)20-6)18-14(19)15(2,3)16(4,5)17/h7-11H,17H2,1-6H3,(H,18,19)/t11-/m0/s1. The molecule has 0 saturated heterocycles. The molecule has 0 fully saturated rings. The molecule has 0 saturated carbocycles. The lowest BCUT2D eigenvalue weighted by atomic mass is 9.74. The first kappa shape index (κ1) is 16.5. The van der Waals surface area contributed by atoms with Crippen LogP contribution in [0.1, 0.15) is 46.2 Å². The predicted molar refractivity (Wildman–Crippen MR) is 81.6 cm³/mol. The Kier molecular flexibility index (Phi) is 4.81. The number of hydrogen-bond donors (Lipinski definition) is 2. The highest BCUT2D eigenvalue weighted by molar-refractivity contribution is 5.83. The van der Waals surface area contributed by atoms with Gasteiger partial charge in [0, 0.05) is 5.54 Å². The molecule has 1 atom stereocenters. The number of nitrogens with one attached hydrogen (secondary N) is 1. The van der Waals surface area contributed by atoms with Gasteiger partial charge in [-0.05, 0) is 52.3 Å². The van der Waals surface area contributed by atoms with Crippen molar-refractivity contribution in [3.63, 3.8) is 0 Å². The largest absolute Gasteiger partial charge is 0.497 e. The zero-order valence-electron chi connectivity index (χ0n) is 13.3. The van der Waals surface area contributed by atoms with E-state index >= 15 is 0 Å². The quantitative estimate of drug-likeness (QED) is 0.870. The normalized spacial score (nSPS) is 13.8. The van der Waals surface area contributed by atoms with Crippen LogP contribution in [0.15, 0.2) is 24.3 Å². The van der Waals surface area contributed by atoms with Crippen LogP contribution in [0.4, 0.5) is 0 Å². The molecule has 0 spiro atoms. The molecule has 3 N–H and O–H groups in total. The van der Waals surface area contributed by atoms with E-state index in [1.54, 1.807) is 7.11 Å². The molecule has 20 heavy (non-hydrogen) atoms. The van der Waals surface area contributed by atoms with Crippen LogP contribution in [0, 0.1) is 5.41 Å². The molecule has 0 aliphatic carbocycles. The Bertz CT molecular complexity index is 476. The molecule has 0 bridgehead atoms. The van der Waals surface area contributed by atoms with Gasteiger partial charge in [0.1, 0.15) is 5.75 Å². The fraction of sp³-hybridized carbons (Fsp3) is 0.562. The smallest absolute Gasteiger partial charge is 0.227 e. The number of methoxy groups -OCH3 is 1. The first-order valence-electron chi connectivity index (χ1n) is 6.83. The minimum absolute atomic E-state index is 0.0553. The van der Waals surface area contributed by atoms with E-state index in [9.17, 15) is 4.79 Å². The molecule has 4 heteroatoms. The van der Waals surface area contributed by atoms with Gasteiger partial charge in [-0.25, -0.2) is 0 Å². The second-order valence-corrected chi connectivity index (χ2v) is 6.32. The van der Waals surface area contributed by atoms with Crippen LogP contribution in [-0.4, -0.2) is 18.6 Å². The summed E-state index contributed by atoms with van der Waals surface area (Å²) < 4.78 is 5.20. The summed E-state index contributed by atoms with van der Waals surface area (Å²) in [7, 11) is 1.63. The first-order chi connectivity index (χ1) is 9.09. The number of hydrogen-bond acceptors (Lipinski definition) is 3. The Labute approximate surface area is 121 Å². The van der Waals surface area contributed by atoms with Crippen molar-refractivity contribution in [1.82, 2.24) is 5.32 Å². The SMILES string of the molecule is COc1cccc([C@H](C)NC(=O)C(C)(C)C(C)(C)N)c1. The van der Waals surface area contributed by atoms with E-state index in [4.69, 9.17) is 10.5 Å². The third-order valence-corrected chi connectivity index (χ3v) is 4.12. The van der Waals surface area contributed by atoms with Gasteiger partial charge in [0.25, 0.3) is 0 Å². The number of nitrogens with two attached hydrogens (primary N) is 1. The number of ether oxygens (including phenoxy) is 1. The maximum absolute atomic E-state index is 12.4. The summed E-state index contributed by atoms with van der Waals surface area (Å²) in [5.41, 5.74) is 5.85. The van der Waals surface area contributed by atoms with Crippen molar-refractivity contribution < 1.29 is 9.53 Å². The van der Waals surface area contributed by atoms with Gasteiger partial charge in [0.15, 0.2) is 0 Å². The molecular weight excluding hydrogens is 252 g/mol. The highest BCUT2D eigenvalue weighted by atomic mass is 16.5. The Balaban J connectivity index is 2.85. The average Bonchev–Trinajstić information content (AvgIpc) is 2.37. The van der Waals surface area contributed by atoms with Gasteiger partial charge in [0.05, 0.1) is 18.6 Å². The van der Waals surface area contributed by atoms with E-state index in [1.165, 1.54) is 0 Å². The zero-order chi connectivity index (χ0) is 15.6. The van der Waals surface area contributed by atoms with Crippen molar-refractivity contribution in [2.75, 3.05) is 7.11 Å². The van der Waals surface area contributed by atoms with Gasteiger partial charge in [0.2, 0.25) is 5.91 Å². The van der Waals surface area contributed by atoms with Crippen LogP contribution >= 0.6 is 0 Å². The van der Waals surface area contributed by atoms with E-state index < -0.39 is 11.0 Å². The van der Waals surface area contributed by atoms with Gasteiger partial charge < -0.3 is 15.8 Å². The lowest BCUT2D eigenvalue weighted by Crippen LogP contribution is -2.55. The topological polar surface area (TPSA) is 64.3 Å². The first-order valence-corrected chi connectivity index (χ1v) is 6.83. The maximum atomic E-state index is 12.4. The number of carbonyl (C=O) groups is 1. The second-order valence-electron chi connectivity index (χ2n) is 6.32. The lowest BCUT2D eigenvalue weighted by Gasteiger charge is -2.37. The van der Waals surface area contributed by atoms with Gasteiger partial charge in [-0.3, -0.25) is 4.79 Å². The summed E-state index contributed by atoms with van der Waals surface area (Å²) in [6, 6.07) is 7.58. The Morgan fingerprint density at radius 3 is 2.40 bits per heavy atom. The summed E-state index contributed by atoms with van der Waals surface area (Å²) in [6.07, 6.45) is 0. The van der Waals surface area contributed by atoms with E-state index in [0.717, 1.165) is 11.3 Å². The minimum atomic E-state index is -0.653. The summed E-state index contributed by atoms with van der Waals surface area (Å²) in [6.45, 7) is 9.40. The number of carbonyl (C=O) groups excluding carboxylic acids is 1. The molecule has 1 aromatic carbocycles. The average molecular weight is 278 g/mol. The molecule has 112 valence electrons. The predicted octanol–water partition coefficient (Wildman–Crippen LogP) is 2.64. The minimum Gasteiger partial charge on any atom is -0.497 e. The Morgan fingerprint density at radius 1 is 1.30 bits per heavy atom. The van der Waals surface area contributed by atoms with Crippen molar-refractivity contribution in [3.05, 3.63) is 29.8 Å². The number of rotatable bonds is 5. The molecule has 0 aliphatic rings.